The Balaban J connectivity index is 3.60. The molecule has 0 radical (unpaired) electrons. The smallest absolute Gasteiger partial charge is 0.331 e. The summed E-state index contributed by atoms with van der Waals surface area (Å²) >= 11 is 0. The molecule has 0 atom stereocenters. The molecule has 0 rings (SSSR count). The first-order valence-electron chi connectivity index (χ1n) is 10.4. The zero-order chi connectivity index (χ0) is 20.0. The molecular weight excluding hydrogens is 332 g/mol. The lowest BCUT2D eigenvalue weighted by Gasteiger charge is -2.00. The molecule has 0 amide bonds. The minimum atomic E-state index is -0.889. The summed E-state index contributed by atoms with van der Waals surface area (Å²) in [4.78, 5) is 10.6. The van der Waals surface area contributed by atoms with Gasteiger partial charge in [-0.2, -0.15) is 0 Å². The molecule has 0 aromatic heterocycles. The van der Waals surface area contributed by atoms with Gasteiger partial charge in [0.2, 0.25) is 0 Å². The number of carboxylic acid groups (broad SMARTS) is 1. The van der Waals surface area contributed by atoms with Crippen LogP contribution in [-0.4, -0.2) is 11.1 Å². The number of hydrogen-bond acceptors (Lipinski definition) is 1. The molecule has 0 aliphatic carbocycles. The third-order valence-corrected chi connectivity index (χ3v) is 4.18. The van der Waals surface area contributed by atoms with Crippen LogP contribution < -0.4 is 0 Å². The number of carboxylic acids is 1. The summed E-state index contributed by atoms with van der Waals surface area (Å²) < 4.78 is 0. The van der Waals surface area contributed by atoms with Gasteiger partial charge in [-0.15, -0.1) is 0 Å². The Bertz CT molecular complexity index is 531. The molecule has 0 saturated heterocycles. The van der Waals surface area contributed by atoms with E-state index < -0.39 is 5.97 Å². The van der Waals surface area contributed by atoms with Crippen molar-refractivity contribution in [3.63, 3.8) is 0 Å². The van der Waals surface area contributed by atoms with Gasteiger partial charge in [0.1, 0.15) is 0 Å². The summed E-state index contributed by atoms with van der Waals surface area (Å²) in [6.07, 6.45) is 34.8. The highest BCUT2D eigenvalue weighted by atomic mass is 16.4. The fraction of sp³-hybridized carbons (Fsp3) is 0.480. The Morgan fingerprint density at radius 3 is 1.63 bits per heavy atom. The van der Waals surface area contributed by atoms with E-state index in [4.69, 9.17) is 5.11 Å². The molecule has 0 aromatic carbocycles. The standard InChI is InChI=1S/C25H38O2/c1-3-4-5-6-7-8-9-10-11-12-13-14-15-16-17-18-19-20-21-22-23-24(2)25(26)27/h13-23H,3-12H2,1-2H3,(H,26,27)/b14-13+,16-15+,18-17+,20-19+,22-21+,24-23+. The first-order valence-corrected chi connectivity index (χ1v) is 10.4. The SMILES string of the molecule is CCCCCCCCCCC/C=C/C=C/C=C/C=C/C=C/C=C(\C)C(=O)O. The first kappa shape index (κ1) is 24.9. The molecule has 27 heavy (non-hydrogen) atoms. The van der Waals surface area contributed by atoms with Crippen LogP contribution in [0.3, 0.4) is 0 Å². The zero-order valence-corrected chi connectivity index (χ0v) is 17.3. The van der Waals surface area contributed by atoms with Gasteiger partial charge in [0.05, 0.1) is 0 Å². The fourth-order valence-electron chi connectivity index (χ4n) is 2.47. The van der Waals surface area contributed by atoms with Crippen LogP contribution in [0.4, 0.5) is 0 Å². The highest BCUT2D eigenvalue weighted by Crippen LogP contribution is 2.10. The Morgan fingerprint density at radius 2 is 1.11 bits per heavy atom. The van der Waals surface area contributed by atoms with Crippen molar-refractivity contribution in [2.24, 2.45) is 0 Å². The van der Waals surface area contributed by atoms with Gasteiger partial charge in [0.15, 0.2) is 0 Å². The molecule has 0 bridgehead atoms. The second kappa shape index (κ2) is 20.2. The van der Waals surface area contributed by atoms with E-state index >= 15 is 0 Å². The van der Waals surface area contributed by atoms with Crippen LogP contribution in [0.1, 0.15) is 78.1 Å². The summed E-state index contributed by atoms with van der Waals surface area (Å²) in [6, 6.07) is 0. The maximum atomic E-state index is 10.6. The molecule has 0 unspecified atom stereocenters. The van der Waals surface area contributed by atoms with Crippen molar-refractivity contribution in [3.05, 3.63) is 72.4 Å². The Labute approximate surface area is 166 Å². The Hall–Kier alpha value is -2.09. The van der Waals surface area contributed by atoms with Crippen LogP contribution in [0.5, 0.6) is 0 Å². The van der Waals surface area contributed by atoms with Crippen molar-refractivity contribution < 1.29 is 9.90 Å². The molecular formula is C25H38O2. The van der Waals surface area contributed by atoms with Gasteiger partial charge in [-0.05, 0) is 19.8 Å². The predicted octanol–water partition coefficient (Wildman–Crippen LogP) is 7.72. The zero-order valence-electron chi connectivity index (χ0n) is 17.3. The van der Waals surface area contributed by atoms with Crippen molar-refractivity contribution in [1.82, 2.24) is 0 Å². The van der Waals surface area contributed by atoms with E-state index in [2.05, 4.69) is 19.1 Å². The number of aliphatic carboxylic acids is 1. The number of allylic oxidation sites excluding steroid dienone is 11. The van der Waals surface area contributed by atoms with E-state index in [0.717, 1.165) is 6.42 Å². The molecule has 0 aliphatic rings. The van der Waals surface area contributed by atoms with Gasteiger partial charge in [0.25, 0.3) is 0 Å². The van der Waals surface area contributed by atoms with Gasteiger partial charge in [-0.25, -0.2) is 4.79 Å². The lowest BCUT2D eigenvalue weighted by Crippen LogP contribution is -1.94. The van der Waals surface area contributed by atoms with Crippen LogP contribution in [0.2, 0.25) is 0 Å². The van der Waals surface area contributed by atoms with E-state index in [0.29, 0.717) is 5.57 Å². The number of rotatable bonds is 16. The Morgan fingerprint density at radius 1 is 0.667 bits per heavy atom. The maximum Gasteiger partial charge on any atom is 0.331 e. The maximum absolute atomic E-state index is 10.6. The summed E-state index contributed by atoms with van der Waals surface area (Å²) in [5.74, 6) is -0.889. The van der Waals surface area contributed by atoms with Crippen LogP contribution in [0.15, 0.2) is 72.4 Å². The number of unbranched alkanes of at least 4 members (excludes halogenated alkanes) is 9. The monoisotopic (exact) mass is 370 g/mol. The van der Waals surface area contributed by atoms with Crippen LogP contribution in [0.25, 0.3) is 0 Å². The minimum absolute atomic E-state index is 0.326. The number of carbonyl (C=O) groups is 1. The molecule has 0 saturated carbocycles. The van der Waals surface area contributed by atoms with Gasteiger partial charge >= 0.3 is 5.97 Å². The van der Waals surface area contributed by atoms with Gasteiger partial charge in [-0.3, -0.25) is 0 Å². The quantitative estimate of drug-likeness (QED) is 0.171. The van der Waals surface area contributed by atoms with Crippen molar-refractivity contribution >= 4 is 5.97 Å². The minimum Gasteiger partial charge on any atom is -0.478 e. The summed E-state index contributed by atoms with van der Waals surface area (Å²) in [6.45, 7) is 3.84. The highest BCUT2D eigenvalue weighted by Gasteiger charge is 1.94. The third kappa shape index (κ3) is 20.1. The van der Waals surface area contributed by atoms with E-state index in [9.17, 15) is 4.79 Å². The Kier molecular flexibility index (Phi) is 18.7. The molecule has 2 heteroatoms. The fourth-order valence-corrected chi connectivity index (χ4v) is 2.47. The van der Waals surface area contributed by atoms with E-state index in [-0.39, 0.29) is 0 Å². The van der Waals surface area contributed by atoms with Crippen molar-refractivity contribution in [2.75, 3.05) is 0 Å². The largest absolute Gasteiger partial charge is 0.478 e. The van der Waals surface area contributed by atoms with Gasteiger partial charge in [0, 0.05) is 5.57 Å². The summed E-state index contributed by atoms with van der Waals surface area (Å²) in [5.41, 5.74) is 0.326. The highest BCUT2D eigenvalue weighted by molar-refractivity contribution is 5.86. The van der Waals surface area contributed by atoms with Crippen molar-refractivity contribution in [3.8, 4) is 0 Å². The summed E-state index contributed by atoms with van der Waals surface area (Å²) in [5, 5.41) is 8.70. The normalized spacial score (nSPS) is 13.3. The van der Waals surface area contributed by atoms with Crippen molar-refractivity contribution in [1.29, 1.82) is 0 Å². The molecule has 0 aromatic rings. The lowest BCUT2D eigenvalue weighted by molar-refractivity contribution is -0.132. The average molecular weight is 371 g/mol. The van der Waals surface area contributed by atoms with Gasteiger partial charge in [-0.1, -0.05) is 125 Å². The molecule has 0 aliphatic heterocycles. The number of hydrogen-bond donors (Lipinski definition) is 1. The van der Waals surface area contributed by atoms with Crippen LogP contribution >= 0.6 is 0 Å². The van der Waals surface area contributed by atoms with Crippen LogP contribution in [-0.2, 0) is 4.79 Å². The molecule has 1 N–H and O–H groups in total. The molecule has 0 fully saturated rings. The van der Waals surface area contributed by atoms with Gasteiger partial charge < -0.3 is 5.11 Å². The predicted molar refractivity (Wildman–Crippen MR) is 119 cm³/mol. The van der Waals surface area contributed by atoms with E-state index in [1.165, 1.54) is 57.8 Å². The van der Waals surface area contributed by atoms with E-state index in [1.54, 1.807) is 19.1 Å². The summed E-state index contributed by atoms with van der Waals surface area (Å²) in [7, 11) is 0. The lowest BCUT2D eigenvalue weighted by atomic mass is 10.1. The molecule has 0 spiro atoms. The second-order valence-electron chi connectivity index (χ2n) is 6.74. The molecule has 2 nitrogen and oxygen atoms in total. The van der Waals surface area contributed by atoms with Crippen LogP contribution in [0, 0.1) is 0 Å². The molecule has 0 heterocycles. The molecule has 150 valence electrons. The second-order valence-corrected chi connectivity index (χ2v) is 6.74. The van der Waals surface area contributed by atoms with Crippen molar-refractivity contribution in [2.45, 2.75) is 78.1 Å². The first-order chi connectivity index (χ1) is 13.2. The third-order valence-electron chi connectivity index (χ3n) is 4.18. The topological polar surface area (TPSA) is 37.3 Å². The van der Waals surface area contributed by atoms with E-state index in [1.807, 2.05) is 42.5 Å². The average Bonchev–Trinajstić information content (AvgIpc) is 2.66.